The van der Waals surface area contributed by atoms with E-state index in [1.165, 1.54) is 12.8 Å². The van der Waals surface area contributed by atoms with Crippen LogP contribution < -0.4 is 5.32 Å². The fraction of sp³-hybridized carbons (Fsp3) is 0.875. The predicted octanol–water partition coefficient (Wildman–Crippen LogP) is 1.22. The zero-order chi connectivity index (χ0) is 7.40. The lowest BCUT2D eigenvalue weighted by Gasteiger charge is -2.26. The molecule has 2 unspecified atom stereocenters. The van der Waals surface area contributed by atoms with Crippen molar-refractivity contribution in [3.63, 3.8) is 0 Å². The smallest absolute Gasteiger partial charge is 0.0646 e. The maximum Gasteiger partial charge on any atom is 0.0646 e. The van der Waals surface area contributed by atoms with Gasteiger partial charge in [-0.2, -0.15) is 0 Å². The van der Waals surface area contributed by atoms with Crippen molar-refractivity contribution in [3.8, 4) is 0 Å². The van der Waals surface area contributed by atoms with E-state index in [4.69, 9.17) is 0 Å². The molecule has 58 valence electrons. The van der Waals surface area contributed by atoms with Gasteiger partial charge in [-0.3, -0.25) is 4.99 Å². The van der Waals surface area contributed by atoms with Gasteiger partial charge in [0.05, 0.1) is 6.04 Å². The number of hydrogen-bond donors (Lipinski definition) is 1. The number of rotatable bonds is 1. The number of aliphatic imine (C=N–C) groups is 1. The van der Waals surface area contributed by atoms with Crippen LogP contribution in [0.2, 0.25) is 0 Å². The third-order valence-electron chi connectivity index (χ3n) is 2.06. The molecule has 0 spiro atoms. The molecule has 1 rings (SSSR count). The maximum absolute atomic E-state index is 4.38. The van der Waals surface area contributed by atoms with E-state index in [9.17, 15) is 0 Å². The lowest BCUT2D eigenvalue weighted by atomic mass is 10.0. The van der Waals surface area contributed by atoms with Gasteiger partial charge in [-0.1, -0.05) is 0 Å². The minimum absolute atomic E-state index is 0.527. The fourth-order valence-electron chi connectivity index (χ4n) is 1.42. The summed E-state index contributed by atoms with van der Waals surface area (Å²) in [7, 11) is 0. The second-order valence-corrected chi connectivity index (χ2v) is 2.86. The van der Waals surface area contributed by atoms with E-state index in [0.29, 0.717) is 12.1 Å². The van der Waals surface area contributed by atoms with E-state index in [1.807, 2.05) is 13.1 Å². The minimum atomic E-state index is 0.527. The van der Waals surface area contributed by atoms with Gasteiger partial charge in [-0.25, -0.2) is 0 Å². The average Bonchev–Trinajstić information content (AvgIpc) is 1.94. The highest BCUT2D eigenvalue weighted by molar-refractivity contribution is 5.53. The highest BCUT2D eigenvalue weighted by Crippen LogP contribution is 2.10. The van der Waals surface area contributed by atoms with Gasteiger partial charge in [0.25, 0.3) is 0 Å². The van der Waals surface area contributed by atoms with Crippen LogP contribution in [-0.2, 0) is 0 Å². The lowest BCUT2D eigenvalue weighted by Crippen LogP contribution is -2.41. The first-order chi connectivity index (χ1) is 4.84. The standard InChI is InChI=1S/C8H16N2/c1-3-9-8-5-4-6-10-7(8)2/h3,7-8,10H,4-6H2,1-2H3. The normalized spacial score (nSPS) is 35.0. The number of piperidine rings is 1. The molecule has 0 radical (unpaired) electrons. The van der Waals surface area contributed by atoms with Crippen LogP contribution in [0.4, 0.5) is 0 Å². The second-order valence-electron chi connectivity index (χ2n) is 2.86. The first-order valence-corrected chi connectivity index (χ1v) is 4.05. The molecular weight excluding hydrogens is 124 g/mol. The highest BCUT2D eigenvalue weighted by atomic mass is 15.0. The first kappa shape index (κ1) is 7.73. The van der Waals surface area contributed by atoms with Gasteiger partial charge < -0.3 is 5.32 Å². The summed E-state index contributed by atoms with van der Waals surface area (Å²) in [6.45, 7) is 5.36. The molecule has 1 fully saturated rings. The fourth-order valence-corrected chi connectivity index (χ4v) is 1.42. The molecule has 1 aliphatic rings. The number of nitrogens with zero attached hydrogens (tertiary/aromatic N) is 1. The first-order valence-electron chi connectivity index (χ1n) is 4.05. The van der Waals surface area contributed by atoms with Gasteiger partial charge in [0.1, 0.15) is 0 Å². The molecular formula is C8H16N2. The van der Waals surface area contributed by atoms with Gasteiger partial charge in [0, 0.05) is 6.04 Å². The Morgan fingerprint density at radius 1 is 1.60 bits per heavy atom. The van der Waals surface area contributed by atoms with Gasteiger partial charge in [-0.15, -0.1) is 0 Å². The van der Waals surface area contributed by atoms with Crippen molar-refractivity contribution in [3.05, 3.63) is 0 Å². The number of hydrogen-bond acceptors (Lipinski definition) is 2. The van der Waals surface area contributed by atoms with Crippen LogP contribution in [0.5, 0.6) is 0 Å². The van der Waals surface area contributed by atoms with Crippen molar-refractivity contribution in [1.29, 1.82) is 0 Å². The van der Waals surface area contributed by atoms with E-state index in [2.05, 4.69) is 17.2 Å². The third-order valence-corrected chi connectivity index (χ3v) is 2.06. The van der Waals surface area contributed by atoms with Crippen molar-refractivity contribution < 1.29 is 0 Å². The van der Waals surface area contributed by atoms with Crippen LogP contribution in [0.1, 0.15) is 26.7 Å². The summed E-state index contributed by atoms with van der Waals surface area (Å²) < 4.78 is 0. The van der Waals surface area contributed by atoms with E-state index in [1.54, 1.807) is 0 Å². The Morgan fingerprint density at radius 3 is 3.00 bits per heavy atom. The Kier molecular flexibility index (Phi) is 2.87. The zero-order valence-corrected chi connectivity index (χ0v) is 6.80. The highest BCUT2D eigenvalue weighted by Gasteiger charge is 2.18. The van der Waals surface area contributed by atoms with Crippen LogP contribution in [0.3, 0.4) is 0 Å². The Labute approximate surface area is 62.7 Å². The SMILES string of the molecule is CC=NC1CCCNC1C. The maximum atomic E-state index is 4.38. The topological polar surface area (TPSA) is 24.4 Å². The van der Waals surface area contributed by atoms with Crippen molar-refractivity contribution in [2.24, 2.45) is 4.99 Å². The molecule has 0 aromatic heterocycles. The molecule has 1 saturated heterocycles. The molecule has 10 heavy (non-hydrogen) atoms. The lowest BCUT2D eigenvalue weighted by molar-refractivity contribution is 0.373. The second kappa shape index (κ2) is 3.71. The Morgan fingerprint density at radius 2 is 2.40 bits per heavy atom. The summed E-state index contributed by atoms with van der Waals surface area (Å²) >= 11 is 0. The molecule has 0 amide bonds. The Hall–Kier alpha value is -0.370. The molecule has 0 aromatic rings. The van der Waals surface area contributed by atoms with Gasteiger partial charge in [-0.05, 0) is 39.4 Å². The quantitative estimate of drug-likeness (QED) is 0.544. The summed E-state index contributed by atoms with van der Waals surface area (Å²) in [4.78, 5) is 4.38. The summed E-state index contributed by atoms with van der Waals surface area (Å²) in [6, 6.07) is 1.10. The summed E-state index contributed by atoms with van der Waals surface area (Å²) in [5.74, 6) is 0. The van der Waals surface area contributed by atoms with Gasteiger partial charge in [0.2, 0.25) is 0 Å². The molecule has 0 saturated carbocycles. The monoisotopic (exact) mass is 140 g/mol. The van der Waals surface area contributed by atoms with Crippen molar-refractivity contribution in [2.75, 3.05) is 6.54 Å². The summed E-state index contributed by atoms with van der Waals surface area (Å²) in [5.41, 5.74) is 0. The Balaban J connectivity index is 2.39. The van der Waals surface area contributed by atoms with Gasteiger partial charge in [0.15, 0.2) is 0 Å². The van der Waals surface area contributed by atoms with Crippen LogP contribution in [-0.4, -0.2) is 24.8 Å². The predicted molar refractivity (Wildman–Crippen MR) is 44.7 cm³/mol. The van der Waals surface area contributed by atoms with Gasteiger partial charge >= 0.3 is 0 Å². The van der Waals surface area contributed by atoms with Crippen LogP contribution in [0, 0.1) is 0 Å². The van der Waals surface area contributed by atoms with E-state index >= 15 is 0 Å². The zero-order valence-electron chi connectivity index (χ0n) is 6.80. The van der Waals surface area contributed by atoms with Crippen LogP contribution >= 0.6 is 0 Å². The summed E-state index contributed by atoms with van der Waals surface area (Å²) in [6.07, 6.45) is 4.43. The molecule has 1 aliphatic heterocycles. The van der Waals surface area contributed by atoms with Crippen LogP contribution in [0.25, 0.3) is 0 Å². The molecule has 2 heteroatoms. The van der Waals surface area contributed by atoms with Crippen molar-refractivity contribution in [1.82, 2.24) is 5.32 Å². The van der Waals surface area contributed by atoms with Crippen LogP contribution in [0.15, 0.2) is 4.99 Å². The third kappa shape index (κ3) is 1.81. The molecule has 1 heterocycles. The Bertz CT molecular complexity index is 120. The average molecular weight is 140 g/mol. The molecule has 2 atom stereocenters. The number of nitrogens with one attached hydrogen (secondary N) is 1. The van der Waals surface area contributed by atoms with E-state index in [0.717, 1.165) is 6.54 Å². The molecule has 0 aromatic carbocycles. The van der Waals surface area contributed by atoms with E-state index < -0.39 is 0 Å². The summed E-state index contributed by atoms with van der Waals surface area (Å²) in [5, 5.41) is 3.40. The van der Waals surface area contributed by atoms with Crippen molar-refractivity contribution >= 4 is 6.21 Å². The molecule has 0 aliphatic carbocycles. The minimum Gasteiger partial charge on any atom is -0.312 e. The molecule has 2 nitrogen and oxygen atoms in total. The van der Waals surface area contributed by atoms with Crippen molar-refractivity contribution in [2.45, 2.75) is 38.8 Å². The van der Waals surface area contributed by atoms with E-state index in [-0.39, 0.29) is 0 Å². The molecule has 0 bridgehead atoms. The molecule has 1 N–H and O–H groups in total. The largest absolute Gasteiger partial charge is 0.312 e.